The number of para-hydroxylation sites is 1. The van der Waals surface area contributed by atoms with E-state index in [-0.39, 0.29) is 18.8 Å². The van der Waals surface area contributed by atoms with Gasteiger partial charge in [0.2, 0.25) is 5.78 Å². The summed E-state index contributed by atoms with van der Waals surface area (Å²) < 4.78 is 17.6. The van der Waals surface area contributed by atoms with Crippen LogP contribution in [-0.2, 0) is 9.53 Å². The first-order chi connectivity index (χ1) is 14.0. The van der Waals surface area contributed by atoms with Crippen LogP contribution in [0.1, 0.15) is 40.3 Å². The van der Waals surface area contributed by atoms with Crippen LogP contribution in [0.2, 0.25) is 0 Å². The van der Waals surface area contributed by atoms with Crippen molar-refractivity contribution in [2.24, 2.45) is 0 Å². The fraction of sp³-hybridized carbons (Fsp3) is 0.318. The average molecular weight is 396 g/mol. The highest BCUT2D eigenvalue weighted by Crippen LogP contribution is 2.21. The van der Waals surface area contributed by atoms with Gasteiger partial charge in [-0.2, -0.15) is 0 Å². The lowest BCUT2D eigenvalue weighted by Crippen LogP contribution is -2.15. The second-order valence-corrected chi connectivity index (χ2v) is 6.76. The van der Waals surface area contributed by atoms with Crippen molar-refractivity contribution in [1.29, 1.82) is 0 Å². The smallest absolute Gasteiger partial charge is 0.306 e. The van der Waals surface area contributed by atoms with Crippen molar-refractivity contribution in [3.63, 3.8) is 0 Å². The number of carbonyl (C=O) groups is 2. The van der Waals surface area contributed by atoms with E-state index >= 15 is 0 Å². The summed E-state index contributed by atoms with van der Waals surface area (Å²) in [4.78, 5) is 24.4. The monoisotopic (exact) mass is 396 g/mol. The maximum absolute atomic E-state index is 12.5. The molecule has 0 aliphatic carbocycles. The molecule has 0 N–H and O–H groups in total. The summed E-state index contributed by atoms with van der Waals surface area (Å²) in [6.07, 6.45) is 0.708. The first-order valence-electron chi connectivity index (χ1n) is 9.45. The third-order valence-electron chi connectivity index (χ3n) is 4.48. The van der Waals surface area contributed by atoms with Crippen LogP contribution in [0.5, 0.6) is 5.75 Å². The lowest BCUT2D eigenvalue weighted by Gasteiger charge is -2.07. The Morgan fingerprint density at radius 2 is 1.86 bits per heavy atom. The molecule has 2 heterocycles. The molecule has 0 atom stereocenters. The van der Waals surface area contributed by atoms with Gasteiger partial charge in [0.25, 0.3) is 0 Å². The molecule has 3 rings (SSSR count). The molecule has 0 radical (unpaired) electrons. The van der Waals surface area contributed by atoms with Crippen LogP contribution in [0.3, 0.4) is 0 Å². The number of rotatable bonds is 9. The summed E-state index contributed by atoms with van der Waals surface area (Å²) in [5, 5.41) is 4.00. The van der Waals surface area contributed by atoms with Gasteiger partial charge in [0.05, 0.1) is 6.61 Å². The fourth-order valence-corrected chi connectivity index (χ4v) is 3.08. The Bertz CT molecular complexity index is 988. The summed E-state index contributed by atoms with van der Waals surface area (Å²) in [5.41, 5.74) is 2.08. The first kappa shape index (κ1) is 20.4. The normalized spacial score (nSPS) is 10.7. The minimum absolute atomic E-state index is 0.192. The van der Waals surface area contributed by atoms with Crippen molar-refractivity contribution in [2.75, 3.05) is 13.2 Å². The van der Waals surface area contributed by atoms with Crippen molar-refractivity contribution in [3.05, 3.63) is 65.2 Å². The molecule has 0 aliphatic heterocycles. The Hall–Kier alpha value is -3.35. The molecule has 0 spiro atoms. The van der Waals surface area contributed by atoms with Crippen LogP contribution in [0.4, 0.5) is 0 Å². The van der Waals surface area contributed by atoms with E-state index in [0.717, 1.165) is 17.1 Å². The zero-order valence-corrected chi connectivity index (χ0v) is 16.8. The van der Waals surface area contributed by atoms with Gasteiger partial charge in [0, 0.05) is 29.4 Å². The van der Waals surface area contributed by atoms with Gasteiger partial charge in [-0.25, -0.2) is 0 Å². The van der Waals surface area contributed by atoms with Crippen molar-refractivity contribution < 1.29 is 23.6 Å². The van der Waals surface area contributed by atoms with Gasteiger partial charge in [-0.15, -0.1) is 0 Å². The van der Waals surface area contributed by atoms with Gasteiger partial charge in [-0.1, -0.05) is 23.4 Å². The Morgan fingerprint density at radius 3 is 2.55 bits per heavy atom. The molecule has 2 aromatic heterocycles. The number of aromatic nitrogens is 2. The Kier molecular flexibility index (Phi) is 6.49. The standard InChI is InChI=1S/C22H24N2O5/c1-15-12-19(17(3)24(15)21-13-16(2)29-23-21)20(25)14-28-22(26)10-7-11-27-18-8-5-4-6-9-18/h4-6,8-9,12-13H,7,10-11,14H2,1-3H3. The van der Waals surface area contributed by atoms with Crippen molar-refractivity contribution in [3.8, 4) is 11.6 Å². The molecule has 1 aromatic carbocycles. The molecule has 0 saturated heterocycles. The van der Waals surface area contributed by atoms with Crippen molar-refractivity contribution in [1.82, 2.24) is 9.72 Å². The summed E-state index contributed by atoms with van der Waals surface area (Å²) in [5.74, 6) is 1.39. The minimum Gasteiger partial charge on any atom is -0.494 e. The number of carbonyl (C=O) groups excluding carboxylic acids is 2. The van der Waals surface area contributed by atoms with E-state index < -0.39 is 5.97 Å². The second kappa shape index (κ2) is 9.23. The number of hydrogen-bond donors (Lipinski definition) is 0. The fourth-order valence-electron chi connectivity index (χ4n) is 3.08. The predicted molar refractivity (Wildman–Crippen MR) is 107 cm³/mol. The van der Waals surface area contributed by atoms with Crippen LogP contribution in [0, 0.1) is 20.8 Å². The Labute approximate surface area is 169 Å². The number of aryl methyl sites for hydroxylation is 2. The van der Waals surface area contributed by atoms with Crippen LogP contribution >= 0.6 is 0 Å². The quantitative estimate of drug-likeness (QED) is 0.309. The maximum atomic E-state index is 12.5. The molecule has 0 saturated carbocycles. The SMILES string of the molecule is Cc1cc(-n2c(C)cc(C(=O)COC(=O)CCCOc3ccccc3)c2C)no1. The highest BCUT2D eigenvalue weighted by Gasteiger charge is 2.19. The van der Waals surface area contributed by atoms with E-state index in [4.69, 9.17) is 14.0 Å². The van der Waals surface area contributed by atoms with E-state index in [1.54, 1.807) is 19.1 Å². The maximum Gasteiger partial charge on any atom is 0.306 e. The van der Waals surface area contributed by atoms with Gasteiger partial charge < -0.3 is 14.0 Å². The van der Waals surface area contributed by atoms with Crippen LogP contribution in [-0.4, -0.2) is 34.7 Å². The predicted octanol–water partition coefficient (Wildman–Crippen LogP) is 3.98. The molecule has 0 aliphatic rings. The van der Waals surface area contributed by atoms with Crippen molar-refractivity contribution >= 4 is 11.8 Å². The zero-order chi connectivity index (χ0) is 20.8. The highest BCUT2D eigenvalue weighted by molar-refractivity contribution is 5.99. The van der Waals surface area contributed by atoms with Crippen LogP contribution in [0.25, 0.3) is 5.82 Å². The summed E-state index contributed by atoms with van der Waals surface area (Å²) >= 11 is 0. The molecule has 29 heavy (non-hydrogen) atoms. The minimum atomic E-state index is -0.420. The average Bonchev–Trinajstić information content (AvgIpc) is 3.26. The number of nitrogens with zero attached hydrogens (tertiary/aromatic N) is 2. The molecule has 7 nitrogen and oxygen atoms in total. The first-order valence-corrected chi connectivity index (χ1v) is 9.45. The van der Waals surface area contributed by atoms with E-state index in [1.807, 2.05) is 48.7 Å². The van der Waals surface area contributed by atoms with Crippen LogP contribution in [0.15, 0.2) is 47.0 Å². The largest absolute Gasteiger partial charge is 0.494 e. The summed E-state index contributed by atoms with van der Waals surface area (Å²) in [7, 11) is 0. The molecular weight excluding hydrogens is 372 g/mol. The third kappa shape index (κ3) is 5.13. The lowest BCUT2D eigenvalue weighted by molar-refractivity contribution is -0.142. The highest BCUT2D eigenvalue weighted by atomic mass is 16.5. The molecule has 0 fully saturated rings. The molecule has 0 unspecified atom stereocenters. The Balaban J connectivity index is 1.48. The lowest BCUT2D eigenvalue weighted by atomic mass is 10.1. The van der Waals surface area contributed by atoms with Gasteiger partial charge in [-0.05, 0) is 45.4 Å². The molecule has 152 valence electrons. The van der Waals surface area contributed by atoms with Crippen LogP contribution < -0.4 is 4.74 Å². The number of Topliss-reactive ketones (excluding diaryl/α,β-unsaturated/α-hetero) is 1. The molecule has 0 bridgehead atoms. The molecule has 3 aromatic rings. The summed E-state index contributed by atoms with van der Waals surface area (Å²) in [6, 6.07) is 13.0. The van der Waals surface area contributed by atoms with E-state index in [0.29, 0.717) is 30.2 Å². The Morgan fingerprint density at radius 1 is 1.10 bits per heavy atom. The van der Waals surface area contributed by atoms with Gasteiger partial charge >= 0.3 is 5.97 Å². The van der Waals surface area contributed by atoms with Gasteiger partial charge in [-0.3, -0.25) is 14.2 Å². The number of hydrogen-bond acceptors (Lipinski definition) is 6. The van der Waals surface area contributed by atoms with E-state index in [1.165, 1.54) is 0 Å². The second-order valence-electron chi connectivity index (χ2n) is 6.76. The van der Waals surface area contributed by atoms with E-state index in [9.17, 15) is 9.59 Å². The number of esters is 1. The molecule has 7 heteroatoms. The summed E-state index contributed by atoms with van der Waals surface area (Å²) in [6.45, 7) is 5.63. The van der Waals surface area contributed by atoms with E-state index in [2.05, 4.69) is 5.16 Å². The van der Waals surface area contributed by atoms with Gasteiger partial charge in [0.1, 0.15) is 11.5 Å². The molecular formula is C22H24N2O5. The number of ketones is 1. The van der Waals surface area contributed by atoms with Gasteiger partial charge in [0.15, 0.2) is 12.4 Å². The number of ether oxygens (including phenoxy) is 2. The molecule has 0 amide bonds. The van der Waals surface area contributed by atoms with Crippen molar-refractivity contribution in [2.45, 2.75) is 33.6 Å². The zero-order valence-electron chi connectivity index (χ0n) is 16.8. The topological polar surface area (TPSA) is 83.6 Å². The third-order valence-corrected chi connectivity index (χ3v) is 4.48. The number of benzene rings is 1.